The molecule has 0 saturated carbocycles. The van der Waals surface area contributed by atoms with Gasteiger partial charge in [0.05, 0.1) is 0 Å². The molecule has 1 aliphatic rings. The van der Waals surface area contributed by atoms with Crippen LogP contribution in [0.1, 0.15) is 47.5 Å². The number of hydrogen-bond donors (Lipinski definition) is 0. The van der Waals surface area contributed by atoms with Crippen molar-refractivity contribution in [3.05, 3.63) is 0 Å². The van der Waals surface area contributed by atoms with Gasteiger partial charge in [-0.15, -0.1) is 0 Å². The Morgan fingerprint density at radius 1 is 1.38 bits per heavy atom. The highest BCUT2D eigenvalue weighted by Gasteiger charge is 2.28. The van der Waals surface area contributed by atoms with Gasteiger partial charge in [0.2, 0.25) is 0 Å². The van der Waals surface area contributed by atoms with E-state index >= 15 is 0 Å². The van der Waals surface area contributed by atoms with E-state index in [0.29, 0.717) is 11.8 Å². The Kier molecular flexibility index (Phi) is 4.22. The number of nitrogens with zero attached hydrogens (tertiary/aromatic N) is 1. The van der Waals surface area contributed by atoms with Crippen LogP contribution in [0.3, 0.4) is 0 Å². The van der Waals surface area contributed by atoms with Crippen molar-refractivity contribution in [1.29, 1.82) is 0 Å². The molecule has 3 nitrogen and oxygen atoms in total. The third kappa shape index (κ3) is 4.03. The lowest BCUT2D eigenvalue weighted by Gasteiger charge is -2.35. The molecule has 0 bridgehead atoms. The van der Waals surface area contributed by atoms with Crippen molar-refractivity contribution in [1.82, 2.24) is 4.90 Å². The monoisotopic (exact) mass is 227 g/mol. The maximum absolute atomic E-state index is 11.9. The molecule has 0 aliphatic carbocycles. The van der Waals surface area contributed by atoms with Gasteiger partial charge in [-0.2, -0.15) is 0 Å². The molecular weight excluding hydrogens is 202 g/mol. The third-order valence-corrected chi connectivity index (χ3v) is 3.05. The molecule has 1 fully saturated rings. The van der Waals surface area contributed by atoms with E-state index < -0.39 is 0 Å². The summed E-state index contributed by atoms with van der Waals surface area (Å²) < 4.78 is 5.39. The van der Waals surface area contributed by atoms with Crippen LogP contribution in [0, 0.1) is 11.8 Å². The fourth-order valence-corrected chi connectivity index (χ4v) is 2.05. The quantitative estimate of drug-likeness (QED) is 0.688. The van der Waals surface area contributed by atoms with Gasteiger partial charge in [0.15, 0.2) is 0 Å². The molecule has 0 radical (unpaired) electrons. The van der Waals surface area contributed by atoms with Crippen LogP contribution in [-0.4, -0.2) is 29.7 Å². The number of likely N-dealkylation sites (tertiary alicyclic amines) is 1. The van der Waals surface area contributed by atoms with Crippen molar-refractivity contribution < 1.29 is 9.53 Å². The van der Waals surface area contributed by atoms with Crippen LogP contribution >= 0.6 is 0 Å². The van der Waals surface area contributed by atoms with Crippen LogP contribution in [0.4, 0.5) is 4.79 Å². The van der Waals surface area contributed by atoms with E-state index in [1.807, 2.05) is 25.7 Å². The number of piperidine rings is 1. The van der Waals surface area contributed by atoms with Crippen molar-refractivity contribution in [3.8, 4) is 0 Å². The summed E-state index contributed by atoms with van der Waals surface area (Å²) >= 11 is 0. The molecule has 0 N–H and O–H groups in total. The van der Waals surface area contributed by atoms with Crippen molar-refractivity contribution >= 4 is 6.09 Å². The van der Waals surface area contributed by atoms with Crippen molar-refractivity contribution in [3.63, 3.8) is 0 Å². The smallest absolute Gasteiger partial charge is 0.410 e. The minimum absolute atomic E-state index is 0.155. The van der Waals surface area contributed by atoms with Gasteiger partial charge in [-0.3, -0.25) is 0 Å². The third-order valence-electron chi connectivity index (χ3n) is 3.05. The Balaban J connectivity index is 2.50. The minimum Gasteiger partial charge on any atom is -0.444 e. The first-order chi connectivity index (χ1) is 7.29. The van der Waals surface area contributed by atoms with E-state index in [0.717, 1.165) is 19.5 Å². The summed E-state index contributed by atoms with van der Waals surface area (Å²) in [4.78, 5) is 13.7. The number of rotatable bonds is 1. The highest BCUT2D eigenvalue weighted by molar-refractivity contribution is 5.68. The molecular formula is C13H25NO2. The van der Waals surface area contributed by atoms with E-state index in [9.17, 15) is 4.79 Å². The average Bonchev–Trinajstić information content (AvgIpc) is 2.15. The molecule has 0 unspecified atom stereocenters. The predicted octanol–water partition coefficient (Wildman–Crippen LogP) is 3.29. The molecule has 1 atom stereocenters. The Morgan fingerprint density at radius 2 is 2.00 bits per heavy atom. The van der Waals surface area contributed by atoms with Crippen LogP contribution in [0.5, 0.6) is 0 Å². The summed E-state index contributed by atoms with van der Waals surface area (Å²) in [5, 5.41) is 0. The van der Waals surface area contributed by atoms with Crippen LogP contribution < -0.4 is 0 Å². The fourth-order valence-electron chi connectivity index (χ4n) is 2.05. The van der Waals surface area contributed by atoms with Crippen molar-refractivity contribution in [2.75, 3.05) is 13.1 Å². The molecule has 94 valence electrons. The molecule has 16 heavy (non-hydrogen) atoms. The van der Waals surface area contributed by atoms with E-state index in [1.54, 1.807) is 0 Å². The lowest BCUT2D eigenvalue weighted by Crippen LogP contribution is -2.43. The number of carbonyl (C=O) groups is 1. The fraction of sp³-hybridized carbons (Fsp3) is 0.923. The topological polar surface area (TPSA) is 29.5 Å². The lowest BCUT2D eigenvalue weighted by molar-refractivity contribution is 0.0140. The van der Waals surface area contributed by atoms with Gasteiger partial charge in [0.25, 0.3) is 0 Å². The average molecular weight is 227 g/mol. The second-order valence-electron chi connectivity index (χ2n) is 6.07. The van der Waals surface area contributed by atoms with Crippen LogP contribution in [0.15, 0.2) is 0 Å². The number of ether oxygens (including phenoxy) is 1. The Hall–Kier alpha value is -0.730. The number of carbonyl (C=O) groups excluding carboxylic acids is 1. The minimum atomic E-state index is -0.387. The zero-order chi connectivity index (χ0) is 12.3. The Bertz CT molecular complexity index is 243. The SMILES string of the molecule is CC(C)[C@H]1CCCN(C(=O)OC(C)(C)C)C1. The van der Waals surface area contributed by atoms with Gasteiger partial charge in [0, 0.05) is 13.1 Å². The van der Waals surface area contributed by atoms with E-state index in [-0.39, 0.29) is 11.7 Å². The van der Waals surface area contributed by atoms with E-state index in [2.05, 4.69) is 13.8 Å². The van der Waals surface area contributed by atoms with Gasteiger partial charge in [-0.1, -0.05) is 13.8 Å². The summed E-state index contributed by atoms with van der Waals surface area (Å²) in [6, 6.07) is 0. The predicted molar refractivity (Wildman–Crippen MR) is 65.4 cm³/mol. The maximum atomic E-state index is 11.9. The summed E-state index contributed by atoms with van der Waals surface area (Å²) in [6.45, 7) is 11.9. The summed E-state index contributed by atoms with van der Waals surface area (Å²) in [7, 11) is 0. The first-order valence-corrected chi connectivity index (χ1v) is 6.27. The Labute approximate surface area is 99.1 Å². The summed E-state index contributed by atoms with van der Waals surface area (Å²) in [5.74, 6) is 1.27. The second-order valence-corrected chi connectivity index (χ2v) is 6.07. The lowest BCUT2D eigenvalue weighted by atomic mass is 9.88. The van der Waals surface area contributed by atoms with Crippen LogP contribution in [0.25, 0.3) is 0 Å². The van der Waals surface area contributed by atoms with Gasteiger partial charge in [-0.25, -0.2) is 4.79 Å². The highest BCUT2D eigenvalue weighted by Crippen LogP contribution is 2.24. The zero-order valence-electron chi connectivity index (χ0n) is 11.2. The van der Waals surface area contributed by atoms with Crippen molar-refractivity contribution in [2.24, 2.45) is 11.8 Å². The van der Waals surface area contributed by atoms with Crippen LogP contribution in [-0.2, 0) is 4.74 Å². The molecule has 1 aliphatic heterocycles. The van der Waals surface area contributed by atoms with Gasteiger partial charge in [0.1, 0.15) is 5.60 Å². The molecule has 0 aromatic heterocycles. The highest BCUT2D eigenvalue weighted by atomic mass is 16.6. The van der Waals surface area contributed by atoms with E-state index in [4.69, 9.17) is 4.74 Å². The number of hydrogen-bond acceptors (Lipinski definition) is 2. The molecule has 0 aromatic rings. The van der Waals surface area contributed by atoms with Crippen molar-refractivity contribution in [2.45, 2.75) is 53.1 Å². The summed E-state index contributed by atoms with van der Waals surface area (Å²) in [5.41, 5.74) is -0.387. The normalized spacial score (nSPS) is 22.4. The molecule has 1 saturated heterocycles. The van der Waals surface area contributed by atoms with Gasteiger partial charge >= 0.3 is 6.09 Å². The number of amides is 1. The van der Waals surface area contributed by atoms with Gasteiger partial charge < -0.3 is 9.64 Å². The molecule has 1 rings (SSSR count). The molecule has 0 spiro atoms. The first kappa shape index (κ1) is 13.3. The molecule has 3 heteroatoms. The van der Waals surface area contributed by atoms with Crippen LogP contribution in [0.2, 0.25) is 0 Å². The Morgan fingerprint density at radius 3 is 2.50 bits per heavy atom. The zero-order valence-corrected chi connectivity index (χ0v) is 11.2. The standard InChI is InChI=1S/C13H25NO2/c1-10(2)11-7-6-8-14(9-11)12(15)16-13(3,4)5/h10-11H,6-9H2,1-5H3/t11-/m0/s1. The molecule has 0 aromatic carbocycles. The molecule has 1 amide bonds. The first-order valence-electron chi connectivity index (χ1n) is 6.27. The van der Waals surface area contributed by atoms with E-state index in [1.165, 1.54) is 6.42 Å². The maximum Gasteiger partial charge on any atom is 0.410 e. The largest absolute Gasteiger partial charge is 0.444 e. The molecule has 1 heterocycles. The second kappa shape index (κ2) is 5.07. The summed E-state index contributed by atoms with van der Waals surface area (Å²) in [6.07, 6.45) is 2.18. The van der Waals surface area contributed by atoms with Gasteiger partial charge in [-0.05, 0) is 45.4 Å².